The quantitative estimate of drug-likeness (QED) is 0.133. The van der Waals surface area contributed by atoms with Gasteiger partial charge in [-0.3, -0.25) is 5.43 Å². The third-order valence-corrected chi connectivity index (χ3v) is 6.12. The van der Waals surface area contributed by atoms with E-state index in [1.54, 1.807) is 0 Å². The Labute approximate surface area is 230 Å². The molecule has 0 aliphatic rings. The lowest BCUT2D eigenvalue weighted by atomic mass is 10.0. The van der Waals surface area contributed by atoms with Gasteiger partial charge >= 0.3 is 24.7 Å². The van der Waals surface area contributed by atoms with Crippen molar-refractivity contribution in [2.75, 3.05) is 5.43 Å². The van der Waals surface area contributed by atoms with Crippen LogP contribution < -0.4 is 5.43 Å². The topological polar surface area (TPSA) is 68.0 Å². The highest BCUT2D eigenvalue weighted by atomic mass is 32.1. The molecule has 2 heterocycles. The number of thiazole rings is 1. The second-order valence-electron chi connectivity index (χ2n) is 8.39. The van der Waals surface area contributed by atoms with E-state index in [0.717, 1.165) is 22.7 Å². The minimum Gasteiger partial charge on any atom is -0.252 e. The Morgan fingerprint density at radius 2 is 1.24 bits per heavy atom. The molecule has 19 heteroatoms. The predicted molar refractivity (Wildman–Crippen MR) is 124 cm³/mol. The van der Waals surface area contributed by atoms with Gasteiger partial charge in [0, 0.05) is 16.5 Å². The van der Waals surface area contributed by atoms with Crippen LogP contribution in [0, 0.1) is 0 Å². The summed E-state index contributed by atoms with van der Waals surface area (Å²) in [7, 11) is 0. The Balaban J connectivity index is 1.74. The number of halogens is 12. The van der Waals surface area contributed by atoms with Crippen LogP contribution in [0.25, 0.3) is 11.3 Å². The third kappa shape index (κ3) is 7.37. The standard InChI is InChI=1S/C23H12F12N6S/c24-20(25,26)13-1-11(2-14(5-13)21(27,28)29)17(7-41-10-36-9-37-41)39-40-19-38-18(8-42-19)12-3-15(22(30,31)32)6-16(4-12)23(33,34)35/h1-6,8-10H,7H2,(H,38,40)/b39-17-. The van der Waals surface area contributed by atoms with Crippen LogP contribution in [-0.2, 0) is 31.2 Å². The molecule has 0 spiro atoms. The highest BCUT2D eigenvalue weighted by Gasteiger charge is 2.38. The smallest absolute Gasteiger partial charge is 0.252 e. The molecule has 0 saturated heterocycles. The first-order valence-corrected chi connectivity index (χ1v) is 11.9. The Morgan fingerprint density at radius 1 is 0.738 bits per heavy atom. The van der Waals surface area contributed by atoms with Crippen molar-refractivity contribution in [1.29, 1.82) is 0 Å². The average Bonchev–Trinajstić information content (AvgIpc) is 3.56. The van der Waals surface area contributed by atoms with E-state index in [-0.39, 0.29) is 23.0 Å². The second kappa shape index (κ2) is 10.9. The summed E-state index contributed by atoms with van der Waals surface area (Å²) in [5.74, 6) is 0. The second-order valence-corrected chi connectivity index (χ2v) is 9.25. The van der Waals surface area contributed by atoms with Crippen LogP contribution >= 0.6 is 11.3 Å². The number of nitrogens with zero attached hydrogens (tertiary/aromatic N) is 5. The largest absolute Gasteiger partial charge is 0.416 e. The van der Waals surface area contributed by atoms with Gasteiger partial charge in [0.1, 0.15) is 12.7 Å². The van der Waals surface area contributed by atoms with Gasteiger partial charge < -0.3 is 0 Å². The van der Waals surface area contributed by atoms with Crippen LogP contribution in [0.5, 0.6) is 0 Å². The molecule has 2 aromatic carbocycles. The first-order valence-electron chi connectivity index (χ1n) is 11.0. The van der Waals surface area contributed by atoms with Gasteiger partial charge in [0.05, 0.1) is 40.2 Å². The van der Waals surface area contributed by atoms with Crippen molar-refractivity contribution >= 4 is 22.2 Å². The molecular formula is C23H12F12N6S. The Bertz CT molecular complexity index is 1520. The number of hydrogen-bond acceptors (Lipinski definition) is 6. The molecule has 0 unspecified atom stereocenters. The number of rotatable bonds is 6. The van der Waals surface area contributed by atoms with Gasteiger partial charge in [0.25, 0.3) is 0 Å². The predicted octanol–water partition coefficient (Wildman–Crippen LogP) is 7.99. The molecule has 0 atom stereocenters. The van der Waals surface area contributed by atoms with Crippen molar-refractivity contribution in [3.05, 3.63) is 82.3 Å². The summed E-state index contributed by atoms with van der Waals surface area (Å²) in [5.41, 5.74) is -6.09. The maximum atomic E-state index is 13.4. The maximum absolute atomic E-state index is 13.4. The van der Waals surface area contributed by atoms with Gasteiger partial charge in [0.15, 0.2) is 0 Å². The van der Waals surface area contributed by atoms with E-state index in [1.165, 1.54) is 0 Å². The molecule has 0 aliphatic carbocycles. The highest BCUT2D eigenvalue weighted by molar-refractivity contribution is 7.14. The van der Waals surface area contributed by atoms with Crippen LogP contribution in [0.3, 0.4) is 0 Å². The van der Waals surface area contributed by atoms with E-state index >= 15 is 0 Å². The summed E-state index contributed by atoms with van der Waals surface area (Å²) in [6, 6.07) is 1.56. The lowest BCUT2D eigenvalue weighted by Crippen LogP contribution is -2.18. The number of alkyl halides is 12. The number of hydrazone groups is 1. The lowest BCUT2D eigenvalue weighted by molar-refractivity contribution is -0.144. The molecule has 0 fully saturated rings. The zero-order valence-corrected chi connectivity index (χ0v) is 20.9. The summed E-state index contributed by atoms with van der Waals surface area (Å²) < 4.78 is 161. The molecule has 0 bridgehead atoms. The number of anilines is 1. The van der Waals surface area contributed by atoms with Gasteiger partial charge in [0.2, 0.25) is 5.13 Å². The van der Waals surface area contributed by atoms with Crippen LogP contribution in [-0.4, -0.2) is 25.5 Å². The molecule has 224 valence electrons. The number of hydrogen-bond donors (Lipinski definition) is 1. The van der Waals surface area contributed by atoms with Crippen molar-refractivity contribution in [1.82, 2.24) is 19.7 Å². The maximum Gasteiger partial charge on any atom is 0.416 e. The number of aromatic nitrogens is 4. The Hall–Kier alpha value is -4.16. The number of benzene rings is 2. The highest BCUT2D eigenvalue weighted by Crippen LogP contribution is 2.40. The normalized spacial score (nSPS) is 13.5. The fraction of sp³-hybridized carbons (Fsp3) is 0.217. The summed E-state index contributed by atoms with van der Waals surface area (Å²) in [6.45, 7) is -0.494. The Kier molecular flexibility index (Phi) is 8.00. The average molecular weight is 632 g/mol. The molecule has 0 amide bonds. The van der Waals surface area contributed by atoms with Crippen molar-refractivity contribution in [2.24, 2.45) is 5.10 Å². The van der Waals surface area contributed by atoms with Crippen LogP contribution in [0.1, 0.15) is 27.8 Å². The van der Waals surface area contributed by atoms with E-state index in [1.807, 2.05) is 0 Å². The van der Waals surface area contributed by atoms with Crippen LogP contribution in [0.15, 0.2) is 59.5 Å². The lowest BCUT2D eigenvalue weighted by Gasteiger charge is -2.15. The van der Waals surface area contributed by atoms with Crippen molar-refractivity contribution in [3.63, 3.8) is 0 Å². The Morgan fingerprint density at radius 3 is 1.69 bits per heavy atom. The van der Waals surface area contributed by atoms with Crippen LogP contribution in [0.2, 0.25) is 0 Å². The number of nitrogens with one attached hydrogen (secondary N) is 1. The van der Waals surface area contributed by atoms with Gasteiger partial charge in [-0.2, -0.15) is 62.9 Å². The molecular weight excluding hydrogens is 620 g/mol. The molecule has 0 radical (unpaired) electrons. The fourth-order valence-electron chi connectivity index (χ4n) is 3.46. The van der Waals surface area contributed by atoms with Gasteiger partial charge in [-0.1, -0.05) is 0 Å². The zero-order valence-electron chi connectivity index (χ0n) is 20.1. The molecule has 42 heavy (non-hydrogen) atoms. The van der Waals surface area contributed by atoms with E-state index in [4.69, 9.17) is 0 Å². The third-order valence-electron chi connectivity index (χ3n) is 5.37. The van der Waals surface area contributed by atoms with E-state index in [2.05, 4.69) is 25.6 Å². The fourth-order valence-corrected chi connectivity index (χ4v) is 4.12. The minimum atomic E-state index is -5.16. The van der Waals surface area contributed by atoms with Crippen molar-refractivity contribution in [3.8, 4) is 11.3 Å². The molecule has 0 saturated carbocycles. The molecule has 4 aromatic rings. The minimum absolute atomic E-state index is 0.0694. The van der Waals surface area contributed by atoms with E-state index < -0.39 is 70.3 Å². The van der Waals surface area contributed by atoms with Gasteiger partial charge in [-0.05, 0) is 36.4 Å². The van der Waals surface area contributed by atoms with Crippen molar-refractivity contribution < 1.29 is 52.7 Å². The van der Waals surface area contributed by atoms with Crippen molar-refractivity contribution in [2.45, 2.75) is 31.2 Å². The summed E-state index contributed by atoms with van der Waals surface area (Å²) in [6.07, 6.45) is -18.4. The molecule has 4 rings (SSSR count). The van der Waals surface area contributed by atoms with Gasteiger partial charge in [-0.25, -0.2) is 14.6 Å². The SMILES string of the molecule is FC(F)(F)c1cc(/C(Cn2cncn2)=N\Nc2nc(-c3cc(C(F)(F)F)cc(C(F)(F)F)c3)cs2)cc(C(F)(F)F)c1. The van der Waals surface area contributed by atoms with E-state index in [9.17, 15) is 52.7 Å². The molecule has 1 N–H and O–H groups in total. The zero-order chi connectivity index (χ0) is 31.1. The molecule has 0 aliphatic heterocycles. The molecule has 6 nitrogen and oxygen atoms in total. The van der Waals surface area contributed by atoms with Crippen LogP contribution in [0.4, 0.5) is 57.8 Å². The van der Waals surface area contributed by atoms with E-state index in [0.29, 0.717) is 35.6 Å². The monoisotopic (exact) mass is 632 g/mol. The van der Waals surface area contributed by atoms with Gasteiger partial charge in [-0.15, -0.1) is 11.3 Å². The first kappa shape index (κ1) is 30.8. The molecule has 2 aromatic heterocycles. The summed E-state index contributed by atoms with van der Waals surface area (Å²) in [5, 5.41) is 8.40. The first-order chi connectivity index (χ1) is 19.3. The summed E-state index contributed by atoms with van der Waals surface area (Å²) in [4.78, 5) is 7.51. The summed E-state index contributed by atoms with van der Waals surface area (Å²) >= 11 is 0.644.